The van der Waals surface area contributed by atoms with E-state index < -0.39 is 0 Å². The molecule has 0 atom stereocenters. The Kier molecular flexibility index (Phi) is 7.42. The lowest BCUT2D eigenvalue weighted by Crippen LogP contribution is -2.37. The second-order valence-corrected chi connectivity index (χ2v) is 5.26. The second-order valence-electron chi connectivity index (χ2n) is 5.26. The van der Waals surface area contributed by atoms with E-state index >= 15 is 0 Å². The number of hydrogen-bond donors (Lipinski definition) is 1. The number of nitrogens with one attached hydrogen (secondary N) is 1. The van der Waals surface area contributed by atoms with Crippen LogP contribution in [0, 0.1) is 5.92 Å². The van der Waals surface area contributed by atoms with Crippen LogP contribution in [-0.2, 0) is 0 Å². The first-order valence-electron chi connectivity index (χ1n) is 6.88. The molecule has 0 saturated carbocycles. The summed E-state index contributed by atoms with van der Waals surface area (Å²) < 4.78 is 0. The molecular weight excluding hydrogens is 220 g/mol. The second kappa shape index (κ2) is 8.32. The maximum absolute atomic E-state index is 3.46. The first kappa shape index (κ1) is 14.3. The Morgan fingerprint density at radius 2 is 1.44 bits per heavy atom. The number of halogens is 1. The zero-order valence-electron chi connectivity index (χ0n) is 10.4. The van der Waals surface area contributed by atoms with Gasteiger partial charge in [-0.25, -0.2) is 0 Å². The van der Waals surface area contributed by atoms with Crippen LogP contribution in [0.15, 0.2) is 0 Å². The molecule has 2 heterocycles. The molecule has 2 saturated heterocycles. The highest BCUT2D eigenvalue weighted by Crippen LogP contribution is 2.16. The molecule has 0 amide bonds. The summed E-state index contributed by atoms with van der Waals surface area (Å²) in [7, 11) is 0. The number of nitrogens with zero attached hydrogens (tertiary/aromatic N) is 1. The first-order valence-corrected chi connectivity index (χ1v) is 6.88. The minimum atomic E-state index is 0. The molecule has 3 heteroatoms. The molecule has 1 N–H and O–H groups in total. The minimum absolute atomic E-state index is 0. The van der Waals surface area contributed by atoms with Gasteiger partial charge in [0.1, 0.15) is 0 Å². The molecular formula is C13H27ClN2. The highest BCUT2D eigenvalue weighted by atomic mass is 35.5. The van der Waals surface area contributed by atoms with Crippen molar-refractivity contribution < 1.29 is 0 Å². The molecule has 0 spiro atoms. The average Bonchev–Trinajstić information content (AvgIpc) is 2.23. The summed E-state index contributed by atoms with van der Waals surface area (Å²) in [6, 6.07) is 0. The van der Waals surface area contributed by atoms with Gasteiger partial charge in [0, 0.05) is 6.54 Å². The van der Waals surface area contributed by atoms with Crippen molar-refractivity contribution in [1.82, 2.24) is 10.2 Å². The highest BCUT2D eigenvalue weighted by Gasteiger charge is 2.17. The summed E-state index contributed by atoms with van der Waals surface area (Å²) in [5, 5.41) is 3.46. The van der Waals surface area contributed by atoms with Crippen LogP contribution < -0.4 is 5.32 Å². The van der Waals surface area contributed by atoms with Crippen molar-refractivity contribution in [1.29, 1.82) is 0 Å². The summed E-state index contributed by atoms with van der Waals surface area (Å²) in [5.41, 5.74) is 0. The third kappa shape index (κ3) is 5.03. The van der Waals surface area contributed by atoms with Gasteiger partial charge in [-0.05, 0) is 57.8 Å². The van der Waals surface area contributed by atoms with Crippen molar-refractivity contribution in [3.8, 4) is 0 Å². The largest absolute Gasteiger partial charge is 0.317 e. The lowest BCUT2D eigenvalue weighted by atomic mass is 9.97. The van der Waals surface area contributed by atoms with Gasteiger partial charge >= 0.3 is 0 Å². The Morgan fingerprint density at radius 1 is 0.875 bits per heavy atom. The molecule has 16 heavy (non-hydrogen) atoms. The maximum atomic E-state index is 3.46. The fourth-order valence-corrected chi connectivity index (χ4v) is 2.92. The van der Waals surface area contributed by atoms with Crippen LogP contribution in [0.3, 0.4) is 0 Å². The van der Waals surface area contributed by atoms with E-state index in [1.165, 1.54) is 77.7 Å². The van der Waals surface area contributed by atoms with Crippen LogP contribution in [0.2, 0.25) is 0 Å². The topological polar surface area (TPSA) is 15.3 Å². The van der Waals surface area contributed by atoms with E-state index in [-0.39, 0.29) is 12.4 Å². The van der Waals surface area contributed by atoms with E-state index in [9.17, 15) is 0 Å². The predicted molar refractivity (Wildman–Crippen MR) is 72.4 cm³/mol. The van der Waals surface area contributed by atoms with Gasteiger partial charge in [-0.15, -0.1) is 12.4 Å². The highest BCUT2D eigenvalue weighted by molar-refractivity contribution is 5.85. The van der Waals surface area contributed by atoms with E-state index in [2.05, 4.69) is 10.2 Å². The van der Waals surface area contributed by atoms with E-state index in [1.807, 2.05) is 0 Å². The van der Waals surface area contributed by atoms with Gasteiger partial charge in [-0.2, -0.15) is 0 Å². The van der Waals surface area contributed by atoms with Crippen LogP contribution in [-0.4, -0.2) is 37.6 Å². The van der Waals surface area contributed by atoms with Gasteiger partial charge in [0.15, 0.2) is 0 Å². The van der Waals surface area contributed by atoms with Crippen LogP contribution in [0.5, 0.6) is 0 Å². The Labute approximate surface area is 107 Å². The molecule has 0 radical (unpaired) electrons. The Balaban J connectivity index is 0.00000128. The molecule has 2 aliphatic heterocycles. The SMILES string of the molecule is C1CCCN(CC2CCNCC2)CCC1.Cl. The fraction of sp³-hybridized carbons (Fsp3) is 1.00. The van der Waals surface area contributed by atoms with E-state index in [1.54, 1.807) is 0 Å². The van der Waals surface area contributed by atoms with Crippen LogP contribution in [0.4, 0.5) is 0 Å². The Morgan fingerprint density at radius 3 is 2.06 bits per heavy atom. The Bertz CT molecular complexity index is 161. The molecule has 96 valence electrons. The van der Waals surface area contributed by atoms with Crippen molar-refractivity contribution in [3.05, 3.63) is 0 Å². The third-order valence-electron chi connectivity index (χ3n) is 3.92. The molecule has 0 bridgehead atoms. The Hall–Kier alpha value is 0.210. The molecule has 2 nitrogen and oxygen atoms in total. The van der Waals surface area contributed by atoms with Crippen molar-refractivity contribution in [2.24, 2.45) is 5.92 Å². The molecule has 0 aliphatic carbocycles. The lowest BCUT2D eigenvalue weighted by Gasteiger charge is -2.31. The van der Waals surface area contributed by atoms with E-state index in [4.69, 9.17) is 0 Å². The van der Waals surface area contributed by atoms with Crippen LogP contribution >= 0.6 is 12.4 Å². The zero-order chi connectivity index (χ0) is 10.3. The number of piperidine rings is 1. The van der Waals surface area contributed by atoms with Gasteiger partial charge in [0.25, 0.3) is 0 Å². The minimum Gasteiger partial charge on any atom is -0.317 e. The van der Waals surface area contributed by atoms with Crippen LogP contribution in [0.25, 0.3) is 0 Å². The van der Waals surface area contributed by atoms with Crippen molar-refractivity contribution >= 4 is 12.4 Å². The summed E-state index contributed by atoms with van der Waals surface area (Å²) in [6.45, 7) is 6.60. The molecule has 0 unspecified atom stereocenters. The van der Waals surface area contributed by atoms with Gasteiger partial charge in [0.2, 0.25) is 0 Å². The number of hydrogen-bond acceptors (Lipinski definition) is 2. The molecule has 0 aromatic carbocycles. The summed E-state index contributed by atoms with van der Waals surface area (Å²) in [5.74, 6) is 0.977. The predicted octanol–water partition coefficient (Wildman–Crippen LogP) is 2.67. The molecule has 2 aliphatic rings. The van der Waals surface area contributed by atoms with Gasteiger partial charge in [-0.3, -0.25) is 0 Å². The molecule has 0 aromatic rings. The summed E-state index contributed by atoms with van der Waals surface area (Å²) >= 11 is 0. The van der Waals surface area contributed by atoms with Gasteiger partial charge in [0.05, 0.1) is 0 Å². The quantitative estimate of drug-likeness (QED) is 0.806. The maximum Gasteiger partial charge on any atom is 0.00106 e. The summed E-state index contributed by atoms with van der Waals surface area (Å²) in [4.78, 5) is 2.73. The number of rotatable bonds is 2. The molecule has 2 fully saturated rings. The smallest absolute Gasteiger partial charge is 0.00106 e. The fourth-order valence-electron chi connectivity index (χ4n) is 2.92. The molecule has 2 rings (SSSR count). The van der Waals surface area contributed by atoms with Crippen LogP contribution in [0.1, 0.15) is 44.9 Å². The van der Waals surface area contributed by atoms with Gasteiger partial charge < -0.3 is 10.2 Å². The summed E-state index contributed by atoms with van der Waals surface area (Å²) in [6.07, 6.45) is 10.1. The number of likely N-dealkylation sites (tertiary alicyclic amines) is 1. The lowest BCUT2D eigenvalue weighted by molar-refractivity contribution is 0.191. The third-order valence-corrected chi connectivity index (χ3v) is 3.92. The average molecular weight is 247 g/mol. The normalized spacial score (nSPS) is 25.5. The van der Waals surface area contributed by atoms with Crippen molar-refractivity contribution in [3.63, 3.8) is 0 Å². The molecule has 0 aromatic heterocycles. The van der Waals surface area contributed by atoms with E-state index in [0.717, 1.165) is 5.92 Å². The standard InChI is InChI=1S/C13H26N2.ClH/c1-2-4-10-15(11-5-3-1)12-13-6-8-14-9-7-13;/h13-14H,1-12H2;1H. The van der Waals surface area contributed by atoms with Crippen molar-refractivity contribution in [2.45, 2.75) is 44.9 Å². The monoisotopic (exact) mass is 246 g/mol. The zero-order valence-corrected chi connectivity index (χ0v) is 11.2. The first-order chi connectivity index (χ1) is 7.45. The van der Waals surface area contributed by atoms with Crippen molar-refractivity contribution in [2.75, 3.05) is 32.7 Å². The van der Waals surface area contributed by atoms with Gasteiger partial charge in [-0.1, -0.05) is 19.3 Å². The van der Waals surface area contributed by atoms with E-state index in [0.29, 0.717) is 0 Å².